The smallest absolute Gasteiger partial charge is 0.330 e. The Bertz CT molecular complexity index is 773. The van der Waals surface area contributed by atoms with Crippen LogP contribution in [0.5, 0.6) is 0 Å². The second-order valence-electron chi connectivity index (χ2n) is 6.92. The van der Waals surface area contributed by atoms with Crippen molar-refractivity contribution >= 4 is 29.5 Å². The van der Waals surface area contributed by atoms with Crippen LogP contribution in [0.25, 0.3) is 0 Å². The number of hydrogen-bond donors (Lipinski definition) is 2. The van der Waals surface area contributed by atoms with E-state index in [1.807, 2.05) is 56.5 Å². The fourth-order valence-electron chi connectivity index (χ4n) is 2.79. The summed E-state index contributed by atoms with van der Waals surface area (Å²) in [4.78, 5) is 14.0. The average molecular weight is 427 g/mol. The van der Waals surface area contributed by atoms with Gasteiger partial charge in [0.1, 0.15) is 17.7 Å². The number of likely N-dealkylation sites (tertiary alicyclic amines) is 1. The highest BCUT2D eigenvalue weighted by atomic mass is 32.2. The van der Waals surface area contributed by atoms with Crippen LogP contribution in [0.2, 0.25) is 0 Å². The highest BCUT2D eigenvalue weighted by Crippen LogP contribution is 2.22. The van der Waals surface area contributed by atoms with E-state index < -0.39 is 6.17 Å². The molecule has 1 aliphatic rings. The van der Waals surface area contributed by atoms with E-state index >= 15 is 0 Å². The number of nitrogens with zero attached hydrogens (tertiary/aromatic N) is 4. The molecule has 1 atom stereocenters. The molecule has 0 radical (unpaired) electrons. The first-order chi connectivity index (χ1) is 13.8. The molecule has 2 aromatic heterocycles. The van der Waals surface area contributed by atoms with E-state index in [0.717, 1.165) is 48.7 Å². The van der Waals surface area contributed by atoms with E-state index in [1.165, 1.54) is 12.1 Å². The van der Waals surface area contributed by atoms with E-state index in [0.29, 0.717) is 6.54 Å². The van der Waals surface area contributed by atoms with Gasteiger partial charge in [-0.05, 0) is 13.5 Å². The number of nitrogens with one attached hydrogen (secondary N) is 2. The second kappa shape index (κ2) is 11.1. The maximum absolute atomic E-state index is 12.1. The first kappa shape index (κ1) is 23.1. The van der Waals surface area contributed by atoms with Crippen molar-refractivity contribution in [3.8, 4) is 0 Å². The molecule has 29 heavy (non-hydrogen) atoms. The van der Waals surface area contributed by atoms with Gasteiger partial charge in [-0.25, -0.2) is 9.18 Å². The number of halogens is 1. The third-order valence-corrected chi connectivity index (χ3v) is 5.20. The molecule has 10 heteroatoms. The van der Waals surface area contributed by atoms with Gasteiger partial charge in [0, 0.05) is 52.3 Å². The molecule has 3 heterocycles. The first-order valence-electron chi connectivity index (χ1n) is 9.72. The zero-order chi connectivity index (χ0) is 21.4. The summed E-state index contributed by atoms with van der Waals surface area (Å²) in [5, 5.41) is 6.90. The van der Waals surface area contributed by atoms with Crippen molar-refractivity contribution in [1.82, 2.24) is 19.4 Å². The van der Waals surface area contributed by atoms with Gasteiger partial charge in [0.25, 0.3) is 0 Å². The summed E-state index contributed by atoms with van der Waals surface area (Å²) < 4.78 is 24.0. The van der Waals surface area contributed by atoms with Gasteiger partial charge in [-0.2, -0.15) is 5.10 Å². The molecule has 1 fully saturated rings. The number of urea groups is 1. The fourth-order valence-corrected chi connectivity index (χ4v) is 3.26. The average Bonchev–Trinajstić information content (AvgIpc) is 3.40. The van der Waals surface area contributed by atoms with E-state index in [9.17, 15) is 9.18 Å². The second-order valence-corrected chi connectivity index (χ2v) is 7.86. The minimum absolute atomic E-state index is 0.293. The van der Waals surface area contributed by atoms with Crippen molar-refractivity contribution in [2.45, 2.75) is 39.3 Å². The summed E-state index contributed by atoms with van der Waals surface area (Å²) in [6, 6.07) is 1.58. The molecule has 2 N–H and O–H groups in total. The Balaban J connectivity index is 0.000000360. The number of aryl methyl sites for hydroxylation is 3. The number of rotatable bonds is 6. The number of aromatic nitrogens is 2. The van der Waals surface area contributed by atoms with Gasteiger partial charge in [-0.15, -0.1) is 0 Å². The molecule has 1 aliphatic heterocycles. The summed E-state index contributed by atoms with van der Waals surface area (Å²) in [6.07, 6.45) is 5.31. The van der Waals surface area contributed by atoms with Crippen LogP contribution in [-0.4, -0.2) is 54.1 Å². The predicted octanol–water partition coefficient (Wildman–Crippen LogP) is 3.62. The zero-order valence-corrected chi connectivity index (χ0v) is 18.6. The molecular formula is C19H31FN6O2S. The number of anilines is 2. The lowest BCUT2D eigenvalue weighted by atomic mass is 10.3. The minimum atomic E-state index is -0.551. The molecule has 3 rings (SSSR count). The molecule has 162 valence electrons. The standard InChI is InChI=1S/C14H21N5O2S.C5H10FN/c1-5-11-7-12(13(6-2)21-11)16-14(20)17-22-19(4)10-8-15-18(3)9-10;1-7-3-2-5(6)4-7/h7-9H,5-6H2,1-4H3,(H2,16,17,20);5H,2-4H2,1H3. The van der Waals surface area contributed by atoms with E-state index in [1.54, 1.807) is 10.9 Å². The van der Waals surface area contributed by atoms with Crippen molar-refractivity contribution < 1.29 is 13.6 Å². The largest absolute Gasteiger partial charge is 0.464 e. The van der Waals surface area contributed by atoms with E-state index in [4.69, 9.17) is 4.42 Å². The van der Waals surface area contributed by atoms with Crippen LogP contribution in [-0.2, 0) is 19.9 Å². The third kappa shape index (κ3) is 7.28. The number of carbonyl (C=O) groups is 1. The normalized spacial score (nSPS) is 16.3. The Hall–Kier alpha value is -2.20. The van der Waals surface area contributed by atoms with Crippen molar-refractivity contribution in [1.29, 1.82) is 0 Å². The molecule has 0 aromatic carbocycles. The summed E-state index contributed by atoms with van der Waals surface area (Å²) in [5.74, 6) is 1.66. The molecule has 8 nitrogen and oxygen atoms in total. The van der Waals surface area contributed by atoms with Gasteiger partial charge in [-0.3, -0.25) is 13.7 Å². The van der Waals surface area contributed by atoms with Gasteiger partial charge >= 0.3 is 6.03 Å². The zero-order valence-electron chi connectivity index (χ0n) is 17.7. The third-order valence-electron chi connectivity index (χ3n) is 4.44. The van der Waals surface area contributed by atoms with Crippen LogP contribution in [0, 0.1) is 0 Å². The highest BCUT2D eigenvalue weighted by Gasteiger charge is 2.17. The Labute approximate surface area is 176 Å². The Kier molecular flexibility index (Phi) is 8.84. The molecule has 0 aliphatic carbocycles. The van der Waals surface area contributed by atoms with Crippen LogP contribution in [0.1, 0.15) is 31.8 Å². The number of alkyl halides is 1. The molecule has 1 unspecified atom stereocenters. The molecule has 1 saturated heterocycles. The topological polar surface area (TPSA) is 78.6 Å². The molecule has 2 aromatic rings. The van der Waals surface area contributed by atoms with Crippen LogP contribution < -0.4 is 14.3 Å². The van der Waals surface area contributed by atoms with Crippen LogP contribution >= 0.6 is 12.1 Å². The molecule has 0 saturated carbocycles. The number of hydrogen-bond acceptors (Lipinski definition) is 6. The molecule has 0 bridgehead atoms. The monoisotopic (exact) mass is 426 g/mol. The lowest BCUT2D eigenvalue weighted by molar-refractivity contribution is 0.257. The minimum Gasteiger partial charge on any atom is -0.464 e. The van der Waals surface area contributed by atoms with Crippen molar-refractivity contribution in [3.63, 3.8) is 0 Å². The van der Waals surface area contributed by atoms with Crippen molar-refractivity contribution in [2.24, 2.45) is 7.05 Å². The van der Waals surface area contributed by atoms with Crippen molar-refractivity contribution in [2.75, 3.05) is 36.8 Å². The summed E-state index contributed by atoms with van der Waals surface area (Å²) in [6.45, 7) is 5.58. The van der Waals surface area contributed by atoms with Gasteiger partial charge in [0.2, 0.25) is 0 Å². The summed E-state index contributed by atoms with van der Waals surface area (Å²) in [7, 11) is 5.64. The Morgan fingerprint density at radius 2 is 2.17 bits per heavy atom. The number of carbonyl (C=O) groups excluding carboxylic acids is 1. The quantitative estimate of drug-likeness (QED) is 0.687. The van der Waals surface area contributed by atoms with Crippen LogP contribution in [0.4, 0.5) is 20.6 Å². The summed E-state index contributed by atoms with van der Waals surface area (Å²) in [5.41, 5.74) is 1.63. The Morgan fingerprint density at radius 1 is 1.41 bits per heavy atom. The summed E-state index contributed by atoms with van der Waals surface area (Å²) >= 11 is 1.18. The fraction of sp³-hybridized carbons (Fsp3) is 0.579. The number of amides is 2. The van der Waals surface area contributed by atoms with Crippen molar-refractivity contribution in [3.05, 3.63) is 30.0 Å². The first-order valence-corrected chi connectivity index (χ1v) is 10.5. The molecule has 2 amide bonds. The van der Waals surface area contributed by atoms with Gasteiger partial charge in [-0.1, -0.05) is 13.8 Å². The Morgan fingerprint density at radius 3 is 2.66 bits per heavy atom. The molecular weight excluding hydrogens is 395 g/mol. The molecule has 0 spiro atoms. The van der Waals surface area contributed by atoms with E-state index in [2.05, 4.69) is 15.1 Å². The van der Waals surface area contributed by atoms with Crippen LogP contribution in [0.3, 0.4) is 0 Å². The van der Waals surface area contributed by atoms with Gasteiger partial charge < -0.3 is 14.6 Å². The van der Waals surface area contributed by atoms with Gasteiger partial charge in [0.05, 0.1) is 29.7 Å². The highest BCUT2D eigenvalue weighted by molar-refractivity contribution is 7.99. The SMILES string of the molecule is CCc1cc(NC(=O)NSN(C)c2cnn(C)c2)c(CC)o1.CN1CCC(F)C1. The van der Waals surface area contributed by atoms with Crippen LogP contribution in [0.15, 0.2) is 22.9 Å². The lowest BCUT2D eigenvalue weighted by Crippen LogP contribution is -2.27. The van der Waals surface area contributed by atoms with Gasteiger partial charge in [0.15, 0.2) is 0 Å². The lowest BCUT2D eigenvalue weighted by Gasteiger charge is -2.15. The van der Waals surface area contributed by atoms with E-state index in [-0.39, 0.29) is 6.03 Å². The number of furan rings is 1. The predicted molar refractivity (Wildman–Crippen MR) is 116 cm³/mol. The maximum atomic E-state index is 12.1. The maximum Gasteiger partial charge on any atom is 0.330 e.